The maximum absolute atomic E-state index is 12.6. The van der Waals surface area contributed by atoms with Gasteiger partial charge in [-0.15, -0.1) is 0 Å². The fourth-order valence-corrected chi connectivity index (χ4v) is 6.37. The zero-order chi connectivity index (χ0) is 13.0. The van der Waals surface area contributed by atoms with Crippen LogP contribution in [0.3, 0.4) is 0 Å². The van der Waals surface area contributed by atoms with Crippen molar-refractivity contribution in [3.63, 3.8) is 0 Å². The van der Waals surface area contributed by atoms with Gasteiger partial charge in [-0.2, -0.15) is 0 Å². The molecule has 4 aliphatic carbocycles. The highest BCUT2D eigenvalue weighted by Gasteiger charge is 2.58. The van der Waals surface area contributed by atoms with Crippen LogP contribution in [-0.2, 0) is 4.79 Å². The van der Waals surface area contributed by atoms with Gasteiger partial charge in [-0.25, -0.2) is 0 Å². The van der Waals surface area contributed by atoms with Crippen LogP contribution in [-0.4, -0.2) is 19.0 Å². The van der Waals surface area contributed by atoms with E-state index < -0.39 is 0 Å². The maximum atomic E-state index is 12.6. The van der Waals surface area contributed by atoms with E-state index in [9.17, 15) is 4.79 Å². The Morgan fingerprint density at radius 1 is 1.11 bits per heavy atom. The predicted molar refractivity (Wildman–Crippen MR) is 74.3 cm³/mol. The summed E-state index contributed by atoms with van der Waals surface area (Å²) in [5.41, 5.74) is 5.93. The Balaban J connectivity index is 1.68. The second-order valence-corrected chi connectivity index (χ2v) is 7.68. The van der Waals surface area contributed by atoms with E-state index in [-0.39, 0.29) is 11.3 Å². The molecule has 5 fully saturated rings. The average molecular weight is 262 g/mol. The van der Waals surface area contributed by atoms with Crippen LogP contribution < -0.4 is 11.1 Å². The van der Waals surface area contributed by atoms with Gasteiger partial charge in [0.1, 0.15) is 0 Å². The zero-order valence-electron chi connectivity index (χ0n) is 11.7. The lowest BCUT2D eigenvalue weighted by Gasteiger charge is -2.60. The fraction of sp³-hybridized carbons (Fsp3) is 0.938. The lowest BCUT2D eigenvalue weighted by molar-refractivity contribution is -0.152. The molecule has 5 aliphatic rings. The van der Waals surface area contributed by atoms with Crippen molar-refractivity contribution >= 4 is 5.91 Å². The van der Waals surface area contributed by atoms with Crippen LogP contribution in [0.4, 0.5) is 0 Å². The minimum Gasteiger partial charge on any atom is -0.356 e. The molecule has 0 spiro atoms. The standard InChI is InChI=1S/C16H26N2O/c17-9-16(2-1-3-18-15(16)19)14-12-5-10-4-11(7-12)8-13(14)6-10/h10-14H,1-9,17H2,(H,18,19). The molecule has 1 atom stereocenters. The van der Waals surface area contributed by atoms with E-state index in [0.29, 0.717) is 12.5 Å². The van der Waals surface area contributed by atoms with Gasteiger partial charge in [0.15, 0.2) is 0 Å². The summed E-state index contributed by atoms with van der Waals surface area (Å²) in [5, 5.41) is 3.11. The summed E-state index contributed by atoms with van der Waals surface area (Å²) >= 11 is 0. The molecule has 1 heterocycles. The van der Waals surface area contributed by atoms with Gasteiger partial charge in [0.05, 0.1) is 5.41 Å². The van der Waals surface area contributed by atoms with Crippen LogP contribution in [0.15, 0.2) is 0 Å². The van der Waals surface area contributed by atoms with E-state index in [0.717, 1.165) is 43.1 Å². The van der Waals surface area contributed by atoms with E-state index in [2.05, 4.69) is 5.32 Å². The highest BCUT2D eigenvalue weighted by Crippen LogP contribution is 2.61. The van der Waals surface area contributed by atoms with E-state index in [1.807, 2.05) is 0 Å². The minimum absolute atomic E-state index is 0.221. The third-order valence-corrected chi connectivity index (χ3v) is 6.77. The lowest BCUT2D eigenvalue weighted by Crippen LogP contribution is -2.61. The first-order valence-corrected chi connectivity index (χ1v) is 8.21. The molecule has 3 nitrogen and oxygen atoms in total. The van der Waals surface area contributed by atoms with Gasteiger partial charge in [0, 0.05) is 13.1 Å². The van der Waals surface area contributed by atoms with Crippen molar-refractivity contribution in [2.75, 3.05) is 13.1 Å². The molecular formula is C16H26N2O. The second-order valence-electron chi connectivity index (χ2n) is 7.68. The van der Waals surface area contributed by atoms with Crippen LogP contribution in [0.25, 0.3) is 0 Å². The molecule has 4 saturated carbocycles. The number of nitrogens with one attached hydrogen (secondary N) is 1. The van der Waals surface area contributed by atoms with Gasteiger partial charge >= 0.3 is 0 Å². The first-order valence-electron chi connectivity index (χ1n) is 8.21. The summed E-state index contributed by atoms with van der Waals surface area (Å²) in [6, 6.07) is 0. The molecule has 1 saturated heterocycles. The number of amides is 1. The van der Waals surface area contributed by atoms with E-state index in [4.69, 9.17) is 5.73 Å². The molecule has 1 unspecified atom stereocenters. The van der Waals surface area contributed by atoms with Gasteiger partial charge in [-0.1, -0.05) is 0 Å². The Kier molecular flexibility index (Phi) is 2.70. The molecule has 0 aromatic rings. The largest absolute Gasteiger partial charge is 0.356 e. The summed E-state index contributed by atoms with van der Waals surface area (Å²) in [6.07, 6.45) is 9.15. The van der Waals surface area contributed by atoms with Crippen molar-refractivity contribution in [3.8, 4) is 0 Å². The van der Waals surface area contributed by atoms with Crippen molar-refractivity contribution in [3.05, 3.63) is 0 Å². The lowest BCUT2D eigenvalue weighted by atomic mass is 9.45. The SMILES string of the molecule is NCC1(C2C3CC4CC(C3)CC2C4)CCCNC1=O. The highest BCUT2D eigenvalue weighted by molar-refractivity contribution is 5.84. The normalized spacial score (nSPS) is 52.3. The number of hydrogen-bond donors (Lipinski definition) is 2. The molecule has 0 aromatic carbocycles. The average Bonchev–Trinajstić information content (AvgIpc) is 2.39. The topological polar surface area (TPSA) is 55.1 Å². The van der Waals surface area contributed by atoms with Gasteiger partial charge < -0.3 is 11.1 Å². The molecular weight excluding hydrogens is 236 g/mol. The van der Waals surface area contributed by atoms with E-state index in [1.54, 1.807) is 0 Å². The Labute approximate surface area is 115 Å². The summed E-state index contributed by atoms with van der Waals surface area (Å²) in [7, 11) is 0. The van der Waals surface area contributed by atoms with Crippen LogP contribution in [0.5, 0.6) is 0 Å². The van der Waals surface area contributed by atoms with Crippen molar-refractivity contribution in [2.45, 2.75) is 44.9 Å². The van der Waals surface area contributed by atoms with Crippen LogP contribution in [0.2, 0.25) is 0 Å². The maximum Gasteiger partial charge on any atom is 0.227 e. The molecule has 1 aliphatic heterocycles. The summed E-state index contributed by atoms with van der Waals surface area (Å²) < 4.78 is 0. The first kappa shape index (κ1) is 12.2. The van der Waals surface area contributed by atoms with Crippen molar-refractivity contribution in [1.29, 1.82) is 0 Å². The number of rotatable bonds is 2. The quantitative estimate of drug-likeness (QED) is 0.799. The Bertz CT molecular complexity index is 366. The molecule has 3 N–H and O–H groups in total. The van der Waals surface area contributed by atoms with Gasteiger partial charge in [-0.05, 0) is 74.5 Å². The number of carbonyl (C=O) groups is 1. The Morgan fingerprint density at radius 2 is 1.74 bits per heavy atom. The van der Waals surface area contributed by atoms with E-state index in [1.165, 1.54) is 32.1 Å². The van der Waals surface area contributed by atoms with E-state index >= 15 is 0 Å². The van der Waals surface area contributed by atoms with Crippen LogP contribution in [0.1, 0.15) is 44.9 Å². The van der Waals surface area contributed by atoms with Crippen LogP contribution in [0, 0.1) is 35.0 Å². The predicted octanol–water partition coefficient (Wildman–Crippen LogP) is 1.91. The van der Waals surface area contributed by atoms with Crippen molar-refractivity contribution < 1.29 is 4.79 Å². The Morgan fingerprint density at radius 3 is 2.26 bits per heavy atom. The highest BCUT2D eigenvalue weighted by atomic mass is 16.2. The molecule has 0 aromatic heterocycles. The fourth-order valence-electron chi connectivity index (χ4n) is 6.37. The van der Waals surface area contributed by atoms with Gasteiger partial charge in [0.2, 0.25) is 5.91 Å². The molecule has 3 heteroatoms. The number of carbonyl (C=O) groups excluding carboxylic acids is 1. The molecule has 4 bridgehead atoms. The number of hydrogen-bond acceptors (Lipinski definition) is 2. The minimum atomic E-state index is -0.221. The third-order valence-electron chi connectivity index (χ3n) is 6.77. The summed E-state index contributed by atoms with van der Waals surface area (Å²) in [4.78, 5) is 12.6. The zero-order valence-corrected chi connectivity index (χ0v) is 11.7. The molecule has 0 radical (unpaired) electrons. The van der Waals surface area contributed by atoms with Gasteiger partial charge in [-0.3, -0.25) is 4.79 Å². The smallest absolute Gasteiger partial charge is 0.227 e. The molecule has 5 rings (SSSR count). The number of nitrogens with two attached hydrogens (primary N) is 1. The summed E-state index contributed by atoms with van der Waals surface area (Å²) in [5.74, 6) is 4.40. The summed E-state index contributed by atoms with van der Waals surface area (Å²) in [6.45, 7) is 1.42. The van der Waals surface area contributed by atoms with Crippen molar-refractivity contribution in [2.24, 2.45) is 40.7 Å². The molecule has 106 valence electrons. The molecule has 19 heavy (non-hydrogen) atoms. The van der Waals surface area contributed by atoms with Gasteiger partial charge in [0.25, 0.3) is 0 Å². The monoisotopic (exact) mass is 262 g/mol. The first-order chi connectivity index (χ1) is 9.23. The second kappa shape index (κ2) is 4.21. The molecule has 1 amide bonds. The number of piperidine rings is 1. The van der Waals surface area contributed by atoms with Crippen LogP contribution >= 0.6 is 0 Å². The Hall–Kier alpha value is -0.570. The third kappa shape index (κ3) is 1.63. The van der Waals surface area contributed by atoms with Crippen molar-refractivity contribution in [1.82, 2.24) is 5.32 Å².